The number of rotatable bonds is 4. The zero-order chi connectivity index (χ0) is 15.6. The van der Waals surface area contributed by atoms with Gasteiger partial charge in [0.1, 0.15) is 5.78 Å². The Hall–Kier alpha value is -1.77. The largest absolute Gasteiger partial charge is 0.298 e. The van der Waals surface area contributed by atoms with Gasteiger partial charge in [-0.05, 0) is 35.3 Å². The topological polar surface area (TPSA) is 49.7 Å². The van der Waals surface area contributed by atoms with Crippen molar-refractivity contribution in [3.63, 3.8) is 0 Å². The maximum absolute atomic E-state index is 12.1. The van der Waals surface area contributed by atoms with Gasteiger partial charge in [-0.1, -0.05) is 12.1 Å². The summed E-state index contributed by atoms with van der Waals surface area (Å²) in [5.74, 6) is -0.0343. The molecule has 0 bridgehead atoms. The number of ketones is 1. The molecule has 21 heavy (non-hydrogen) atoms. The first-order chi connectivity index (χ1) is 9.95. The summed E-state index contributed by atoms with van der Waals surface area (Å²) in [6.07, 6.45) is 0.226. The van der Waals surface area contributed by atoms with Crippen LogP contribution in [0.1, 0.15) is 15.9 Å². The lowest BCUT2D eigenvalue weighted by molar-refractivity contribution is -0.650. The van der Waals surface area contributed by atoms with Crippen LogP contribution in [-0.2, 0) is 14.1 Å². The number of halogens is 2. The smallest absolute Gasteiger partial charge is 0.251 e. The van der Waals surface area contributed by atoms with E-state index in [2.05, 4.69) is 0 Å². The van der Waals surface area contributed by atoms with Crippen LogP contribution in [0.3, 0.4) is 0 Å². The van der Waals surface area contributed by atoms with E-state index in [1.165, 1.54) is 0 Å². The highest BCUT2D eigenvalue weighted by Crippen LogP contribution is 2.15. The van der Waals surface area contributed by atoms with Gasteiger partial charge in [0.25, 0.3) is 10.3 Å². The molecular weight excluding hydrogens is 308 g/mol. The summed E-state index contributed by atoms with van der Waals surface area (Å²) in [5, 5.41) is 9.59. The van der Waals surface area contributed by atoms with Gasteiger partial charge in [0.2, 0.25) is 0 Å². The van der Waals surface area contributed by atoms with Crippen molar-refractivity contribution in [2.45, 2.75) is 6.32 Å². The Labute approximate surface area is 133 Å². The van der Waals surface area contributed by atoms with Gasteiger partial charge in [-0.3, -0.25) is 13.9 Å². The first-order valence-corrected chi connectivity index (χ1v) is 6.97. The number of nitriles is 1. The summed E-state index contributed by atoms with van der Waals surface area (Å²) in [5.41, 5.74) is 1.86. The number of hydrogen-bond acceptors (Lipinski definition) is 2. The molecule has 7 heteroatoms. The maximum atomic E-state index is 12.1. The number of carbonyl (C=O) groups excluding carboxylic acids is 1. The Morgan fingerprint density at radius 3 is 2.48 bits per heavy atom. The molecular formula is C14H12BCl2N3O. The van der Waals surface area contributed by atoms with E-state index in [9.17, 15) is 4.79 Å². The molecule has 0 unspecified atom stereocenters. The zero-order valence-corrected chi connectivity index (χ0v) is 13.1. The first kappa shape index (κ1) is 15.6. The van der Waals surface area contributed by atoms with E-state index < -0.39 is 0 Å². The number of Topliss-reactive ketones (excluding diaryl/α,β-unsaturated/α-hetero) is 1. The van der Waals surface area contributed by atoms with Gasteiger partial charge in [0.15, 0.2) is 0 Å². The second-order valence-corrected chi connectivity index (χ2v) is 5.29. The molecule has 2 aromatic rings. The van der Waals surface area contributed by atoms with Crippen LogP contribution >= 0.6 is 23.2 Å². The summed E-state index contributed by atoms with van der Waals surface area (Å²) in [6, 6.07) is 8.58. The molecule has 0 aliphatic heterocycles. The SMILES string of the molecule is Cn1c(Cl)c(Cl)[n+](C)c1[B-]CC(=O)c1ccc(C#N)cc1. The van der Waals surface area contributed by atoms with Crippen molar-refractivity contribution < 1.29 is 9.36 Å². The minimum absolute atomic E-state index is 0.0343. The molecule has 1 aromatic carbocycles. The number of aromatic nitrogens is 2. The monoisotopic (exact) mass is 319 g/mol. The fourth-order valence-electron chi connectivity index (χ4n) is 2.01. The zero-order valence-electron chi connectivity index (χ0n) is 11.6. The van der Waals surface area contributed by atoms with Crippen LogP contribution in [0.2, 0.25) is 16.6 Å². The van der Waals surface area contributed by atoms with Crippen molar-refractivity contribution in [1.82, 2.24) is 4.57 Å². The molecule has 2 radical (unpaired) electrons. The van der Waals surface area contributed by atoms with E-state index in [1.54, 1.807) is 54.8 Å². The number of carbonyl (C=O) groups is 1. The Morgan fingerprint density at radius 2 is 2.00 bits per heavy atom. The lowest BCUT2D eigenvalue weighted by Crippen LogP contribution is -2.50. The van der Waals surface area contributed by atoms with E-state index in [-0.39, 0.29) is 12.1 Å². The number of benzene rings is 1. The van der Waals surface area contributed by atoms with Crippen LogP contribution in [0.25, 0.3) is 0 Å². The highest BCUT2D eigenvalue weighted by molar-refractivity contribution is 6.56. The van der Waals surface area contributed by atoms with Gasteiger partial charge in [-0.2, -0.15) is 18.9 Å². The number of nitrogens with zero attached hydrogens (tertiary/aromatic N) is 3. The summed E-state index contributed by atoms with van der Waals surface area (Å²) in [7, 11) is 5.34. The van der Waals surface area contributed by atoms with Crippen molar-refractivity contribution in [2.75, 3.05) is 0 Å². The lowest BCUT2D eigenvalue weighted by atomic mass is 9.70. The van der Waals surface area contributed by atoms with Crippen molar-refractivity contribution in [2.24, 2.45) is 14.1 Å². The van der Waals surface area contributed by atoms with Crippen molar-refractivity contribution in [3.8, 4) is 6.07 Å². The molecule has 1 aromatic heterocycles. The van der Waals surface area contributed by atoms with Crippen molar-refractivity contribution in [1.29, 1.82) is 5.26 Å². The lowest BCUT2D eigenvalue weighted by Gasteiger charge is -2.12. The molecule has 0 N–H and O–H groups in total. The van der Waals surface area contributed by atoms with Gasteiger partial charge in [0.05, 0.1) is 25.7 Å². The van der Waals surface area contributed by atoms with E-state index in [0.29, 0.717) is 21.4 Å². The molecule has 0 saturated carbocycles. The quantitative estimate of drug-likeness (QED) is 0.489. The van der Waals surface area contributed by atoms with Gasteiger partial charge in [-0.15, -0.1) is 0 Å². The molecule has 2 rings (SSSR count). The molecule has 1 heterocycles. The van der Waals surface area contributed by atoms with Crippen molar-refractivity contribution >= 4 is 42.0 Å². The second kappa shape index (κ2) is 6.34. The summed E-state index contributed by atoms with van der Waals surface area (Å²) in [6.45, 7) is 0. The van der Waals surface area contributed by atoms with Crippen LogP contribution in [0.4, 0.5) is 0 Å². The van der Waals surface area contributed by atoms with Gasteiger partial charge < -0.3 is 0 Å². The third-order valence-corrected chi connectivity index (χ3v) is 4.21. The molecule has 4 nitrogen and oxygen atoms in total. The highest BCUT2D eigenvalue weighted by atomic mass is 35.5. The molecule has 0 aliphatic carbocycles. The predicted octanol–water partition coefficient (Wildman–Crippen LogP) is 1.66. The third kappa shape index (κ3) is 3.12. The van der Waals surface area contributed by atoms with Crippen LogP contribution in [0.15, 0.2) is 24.3 Å². The Morgan fingerprint density at radius 1 is 1.38 bits per heavy atom. The summed E-state index contributed by atoms with van der Waals surface area (Å²) in [4.78, 5) is 12.1. The van der Waals surface area contributed by atoms with Crippen LogP contribution in [0.5, 0.6) is 0 Å². The molecule has 0 aliphatic rings. The summed E-state index contributed by atoms with van der Waals surface area (Å²) < 4.78 is 3.44. The maximum Gasteiger partial charge on any atom is 0.251 e. The minimum Gasteiger partial charge on any atom is -0.298 e. The standard InChI is InChI=1S/C14H12BCl2N3O/c1-19-12(16)13(17)20(2)14(19)15-7-11(21)10-5-3-9(8-18)4-6-10/h3-6H,7H2,1-2H3. The Balaban J connectivity index is 2.11. The van der Waals surface area contributed by atoms with E-state index in [1.807, 2.05) is 6.07 Å². The number of imidazole rings is 1. The fourth-order valence-corrected chi connectivity index (χ4v) is 2.44. The van der Waals surface area contributed by atoms with E-state index in [0.717, 1.165) is 5.72 Å². The van der Waals surface area contributed by atoms with Crippen LogP contribution in [0, 0.1) is 11.3 Å². The van der Waals surface area contributed by atoms with E-state index in [4.69, 9.17) is 28.5 Å². The predicted molar refractivity (Wildman–Crippen MR) is 82.3 cm³/mol. The summed E-state index contributed by atoms with van der Waals surface area (Å²) >= 11 is 12.1. The first-order valence-electron chi connectivity index (χ1n) is 6.22. The molecule has 0 atom stereocenters. The Bertz CT molecular complexity index is 707. The van der Waals surface area contributed by atoms with Crippen molar-refractivity contribution in [3.05, 3.63) is 45.7 Å². The highest BCUT2D eigenvalue weighted by Gasteiger charge is 2.16. The second-order valence-electron chi connectivity index (χ2n) is 4.58. The molecule has 0 saturated heterocycles. The van der Waals surface area contributed by atoms with Crippen LogP contribution in [-0.4, -0.2) is 17.6 Å². The number of hydrogen-bond donors (Lipinski definition) is 0. The average Bonchev–Trinajstić information content (AvgIpc) is 2.69. The van der Waals surface area contributed by atoms with Gasteiger partial charge >= 0.3 is 0 Å². The molecule has 106 valence electrons. The van der Waals surface area contributed by atoms with Gasteiger partial charge in [-0.25, -0.2) is 0 Å². The van der Waals surface area contributed by atoms with E-state index >= 15 is 0 Å². The average molecular weight is 320 g/mol. The third-order valence-electron chi connectivity index (χ3n) is 3.25. The molecule has 0 amide bonds. The van der Waals surface area contributed by atoms with Crippen LogP contribution < -0.4 is 10.3 Å². The van der Waals surface area contributed by atoms with Gasteiger partial charge in [0, 0.05) is 11.3 Å². The fraction of sp³-hybridized carbons (Fsp3) is 0.214. The molecule has 0 fully saturated rings. The normalized spacial score (nSPS) is 10.4. The molecule has 0 spiro atoms. The minimum atomic E-state index is -0.0343. The Kier molecular flexibility index (Phi) is 4.71.